The molecule has 0 saturated carbocycles. The summed E-state index contributed by atoms with van der Waals surface area (Å²) in [4.78, 5) is 14.4. The zero-order valence-corrected chi connectivity index (χ0v) is 13.4. The number of rotatable bonds is 2. The Hall–Kier alpha value is -1.55. The number of carbonyl (C=O) groups excluding carboxylic acids is 1. The minimum atomic E-state index is -0.297. The van der Waals surface area contributed by atoms with Crippen molar-refractivity contribution in [2.75, 3.05) is 0 Å². The van der Waals surface area contributed by atoms with Gasteiger partial charge in [-0.2, -0.15) is 0 Å². The maximum absolute atomic E-state index is 12.6. The van der Waals surface area contributed by atoms with E-state index in [1.165, 1.54) is 0 Å². The van der Waals surface area contributed by atoms with Gasteiger partial charge in [-0.15, -0.1) is 0 Å². The van der Waals surface area contributed by atoms with Crippen LogP contribution >= 0.6 is 0 Å². The van der Waals surface area contributed by atoms with Gasteiger partial charge in [0.2, 0.25) is 0 Å². The third kappa shape index (κ3) is 3.56. The van der Waals surface area contributed by atoms with E-state index in [0.717, 1.165) is 18.4 Å². The molecule has 1 fully saturated rings. The number of hydrogen-bond acceptors (Lipinski definition) is 3. The molecule has 2 N–H and O–H groups in total. The number of piperidine rings is 1. The van der Waals surface area contributed by atoms with E-state index in [1.807, 2.05) is 35.2 Å². The first kappa shape index (κ1) is 15.8. The topological polar surface area (TPSA) is 55.6 Å². The molecule has 4 heteroatoms. The van der Waals surface area contributed by atoms with Gasteiger partial charge in [-0.3, -0.25) is 4.90 Å². The number of nitrogens with zero attached hydrogens (tertiary/aromatic N) is 1. The van der Waals surface area contributed by atoms with Crippen LogP contribution < -0.4 is 5.73 Å². The molecule has 21 heavy (non-hydrogen) atoms. The molecule has 0 aromatic heterocycles. The summed E-state index contributed by atoms with van der Waals surface area (Å²) in [6.45, 7) is 8.51. The van der Waals surface area contributed by atoms with E-state index in [0.29, 0.717) is 6.61 Å². The molecule has 1 heterocycles. The summed E-state index contributed by atoms with van der Waals surface area (Å²) < 4.78 is 5.52. The second-order valence-corrected chi connectivity index (χ2v) is 7.17. The quantitative estimate of drug-likeness (QED) is 0.909. The lowest BCUT2D eigenvalue weighted by molar-refractivity contribution is -0.0318. The predicted molar refractivity (Wildman–Crippen MR) is 83.8 cm³/mol. The van der Waals surface area contributed by atoms with E-state index in [-0.39, 0.29) is 23.2 Å². The SMILES string of the molecule is CC1(C)CC(N)CC(C)(C)N1C(=O)OCc1ccccc1. The fraction of sp³-hybridized carbons (Fsp3) is 0.588. The van der Waals surface area contributed by atoms with E-state index in [1.54, 1.807) is 0 Å². The van der Waals surface area contributed by atoms with Crippen molar-refractivity contribution in [3.63, 3.8) is 0 Å². The molecule has 2 rings (SSSR count). The number of benzene rings is 1. The van der Waals surface area contributed by atoms with Crippen LogP contribution in [-0.2, 0) is 11.3 Å². The lowest BCUT2D eigenvalue weighted by Crippen LogP contribution is -2.65. The lowest BCUT2D eigenvalue weighted by Gasteiger charge is -2.53. The van der Waals surface area contributed by atoms with Gasteiger partial charge in [0.25, 0.3) is 0 Å². The van der Waals surface area contributed by atoms with Crippen molar-refractivity contribution in [1.82, 2.24) is 4.90 Å². The average molecular weight is 290 g/mol. The van der Waals surface area contributed by atoms with Gasteiger partial charge in [-0.1, -0.05) is 30.3 Å². The number of amides is 1. The third-order valence-corrected chi connectivity index (χ3v) is 4.12. The molecule has 116 valence electrons. The fourth-order valence-corrected chi connectivity index (χ4v) is 3.64. The van der Waals surface area contributed by atoms with Crippen molar-refractivity contribution >= 4 is 6.09 Å². The van der Waals surface area contributed by atoms with Crippen LogP contribution in [0.5, 0.6) is 0 Å². The van der Waals surface area contributed by atoms with Crippen molar-refractivity contribution < 1.29 is 9.53 Å². The van der Waals surface area contributed by atoms with Crippen LogP contribution in [0, 0.1) is 0 Å². The van der Waals surface area contributed by atoms with Crippen LogP contribution in [-0.4, -0.2) is 28.1 Å². The van der Waals surface area contributed by atoms with Crippen LogP contribution in [0.2, 0.25) is 0 Å². The Morgan fingerprint density at radius 3 is 2.24 bits per heavy atom. The van der Waals surface area contributed by atoms with Gasteiger partial charge in [-0.25, -0.2) is 4.79 Å². The molecule has 1 aromatic carbocycles. The Morgan fingerprint density at radius 2 is 1.71 bits per heavy atom. The molecule has 0 unspecified atom stereocenters. The molecule has 4 nitrogen and oxygen atoms in total. The highest BCUT2D eigenvalue weighted by molar-refractivity contribution is 5.70. The number of ether oxygens (including phenoxy) is 1. The second kappa shape index (κ2) is 5.68. The smallest absolute Gasteiger partial charge is 0.410 e. The van der Waals surface area contributed by atoms with Gasteiger partial charge in [0.1, 0.15) is 6.61 Å². The van der Waals surface area contributed by atoms with Crippen molar-refractivity contribution in [3.05, 3.63) is 35.9 Å². The van der Waals surface area contributed by atoms with Gasteiger partial charge < -0.3 is 10.5 Å². The first-order valence-corrected chi connectivity index (χ1v) is 7.49. The number of nitrogens with two attached hydrogens (primary N) is 1. The predicted octanol–water partition coefficient (Wildman–Crippen LogP) is 3.30. The maximum Gasteiger partial charge on any atom is 0.410 e. The Morgan fingerprint density at radius 1 is 1.19 bits per heavy atom. The molecule has 1 aliphatic heterocycles. The van der Waals surface area contributed by atoms with Crippen molar-refractivity contribution in [2.45, 2.75) is 64.3 Å². The van der Waals surface area contributed by atoms with Crippen LogP contribution in [0.15, 0.2) is 30.3 Å². The summed E-state index contributed by atoms with van der Waals surface area (Å²) in [5, 5.41) is 0. The summed E-state index contributed by atoms with van der Waals surface area (Å²) in [6.07, 6.45) is 1.31. The molecule has 1 aromatic rings. The van der Waals surface area contributed by atoms with Crippen LogP contribution in [0.1, 0.15) is 46.1 Å². The molecule has 0 aliphatic carbocycles. The number of likely N-dealkylation sites (tertiary alicyclic amines) is 1. The zero-order chi connectivity index (χ0) is 15.7. The molecule has 0 atom stereocenters. The Balaban J connectivity index is 2.09. The first-order valence-electron chi connectivity index (χ1n) is 7.49. The highest BCUT2D eigenvalue weighted by atomic mass is 16.6. The molecule has 1 amide bonds. The molecule has 1 aliphatic rings. The Bertz CT molecular complexity index is 479. The first-order chi connectivity index (χ1) is 9.72. The summed E-state index contributed by atoms with van der Waals surface area (Å²) in [7, 11) is 0. The van der Waals surface area contributed by atoms with Gasteiger partial charge in [0, 0.05) is 17.1 Å². The standard InChI is InChI=1S/C17H26N2O2/c1-16(2)10-14(18)11-17(3,4)19(16)15(20)21-12-13-8-6-5-7-9-13/h5-9,14H,10-12,18H2,1-4H3. The molecule has 0 bridgehead atoms. The Kier molecular flexibility index (Phi) is 4.28. The van der Waals surface area contributed by atoms with Crippen LogP contribution in [0.25, 0.3) is 0 Å². The molecular formula is C17H26N2O2. The van der Waals surface area contributed by atoms with E-state index in [4.69, 9.17) is 10.5 Å². The minimum Gasteiger partial charge on any atom is -0.445 e. The highest BCUT2D eigenvalue weighted by Crippen LogP contribution is 2.38. The fourth-order valence-electron chi connectivity index (χ4n) is 3.64. The van der Waals surface area contributed by atoms with Gasteiger partial charge in [0.15, 0.2) is 0 Å². The van der Waals surface area contributed by atoms with Crippen molar-refractivity contribution in [2.24, 2.45) is 5.73 Å². The average Bonchev–Trinajstić information content (AvgIpc) is 2.34. The van der Waals surface area contributed by atoms with Crippen LogP contribution in [0.4, 0.5) is 4.79 Å². The third-order valence-electron chi connectivity index (χ3n) is 4.12. The second-order valence-electron chi connectivity index (χ2n) is 7.17. The molecule has 1 saturated heterocycles. The molecule has 0 spiro atoms. The summed E-state index contributed by atoms with van der Waals surface area (Å²) in [6, 6.07) is 9.86. The van der Waals surface area contributed by atoms with E-state index < -0.39 is 0 Å². The van der Waals surface area contributed by atoms with Crippen molar-refractivity contribution in [1.29, 1.82) is 0 Å². The van der Waals surface area contributed by atoms with Gasteiger partial charge in [-0.05, 0) is 46.1 Å². The summed E-state index contributed by atoms with van der Waals surface area (Å²) in [5.41, 5.74) is 6.54. The summed E-state index contributed by atoms with van der Waals surface area (Å²) >= 11 is 0. The zero-order valence-electron chi connectivity index (χ0n) is 13.4. The summed E-state index contributed by atoms with van der Waals surface area (Å²) in [5.74, 6) is 0. The number of carbonyl (C=O) groups is 1. The van der Waals surface area contributed by atoms with Crippen LogP contribution in [0.3, 0.4) is 0 Å². The van der Waals surface area contributed by atoms with Gasteiger partial charge in [0.05, 0.1) is 0 Å². The largest absolute Gasteiger partial charge is 0.445 e. The van der Waals surface area contributed by atoms with E-state index >= 15 is 0 Å². The monoisotopic (exact) mass is 290 g/mol. The van der Waals surface area contributed by atoms with E-state index in [2.05, 4.69) is 27.7 Å². The maximum atomic E-state index is 12.6. The molecule has 0 radical (unpaired) electrons. The normalized spacial score (nSPS) is 21.1. The van der Waals surface area contributed by atoms with Crippen molar-refractivity contribution in [3.8, 4) is 0 Å². The highest BCUT2D eigenvalue weighted by Gasteiger charge is 2.47. The van der Waals surface area contributed by atoms with Gasteiger partial charge >= 0.3 is 6.09 Å². The number of hydrogen-bond donors (Lipinski definition) is 1. The minimum absolute atomic E-state index is 0.119. The Labute approximate surface area is 127 Å². The lowest BCUT2D eigenvalue weighted by atomic mass is 9.77. The van der Waals surface area contributed by atoms with E-state index in [9.17, 15) is 4.79 Å². The molecular weight excluding hydrogens is 264 g/mol.